The van der Waals surface area contributed by atoms with Crippen LogP contribution in [0.5, 0.6) is 0 Å². The second-order valence-corrected chi connectivity index (χ2v) is 6.36. The van der Waals surface area contributed by atoms with Gasteiger partial charge in [0, 0.05) is 17.3 Å². The fourth-order valence-electron chi connectivity index (χ4n) is 1.72. The maximum absolute atomic E-state index is 13.0. The molecule has 0 aliphatic heterocycles. The van der Waals surface area contributed by atoms with Gasteiger partial charge in [0.1, 0.15) is 11.6 Å². The number of nitrogens with one attached hydrogen (secondary N) is 1. The van der Waals surface area contributed by atoms with Crippen molar-refractivity contribution in [2.75, 3.05) is 5.32 Å². The molecule has 23 heavy (non-hydrogen) atoms. The molecular formula is C14H9F4NO3S. The van der Waals surface area contributed by atoms with Crippen LogP contribution in [0.1, 0.15) is 10.4 Å². The molecule has 9 heteroatoms. The van der Waals surface area contributed by atoms with Crippen LogP contribution in [0.4, 0.5) is 23.2 Å². The van der Waals surface area contributed by atoms with Crippen molar-refractivity contribution in [3.8, 4) is 0 Å². The van der Waals surface area contributed by atoms with Crippen LogP contribution in [-0.2, 0) is 9.84 Å². The molecule has 122 valence electrons. The van der Waals surface area contributed by atoms with Gasteiger partial charge in [-0.15, -0.1) is 0 Å². The molecule has 0 aliphatic rings. The molecule has 2 aromatic carbocycles. The van der Waals surface area contributed by atoms with Gasteiger partial charge in [0.05, 0.1) is 4.90 Å². The summed E-state index contributed by atoms with van der Waals surface area (Å²) in [5.74, 6) is -6.27. The van der Waals surface area contributed by atoms with Crippen LogP contribution in [0.25, 0.3) is 0 Å². The maximum atomic E-state index is 13.0. The molecule has 0 atom stereocenters. The Morgan fingerprint density at radius 3 is 1.96 bits per heavy atom. The smallest absolute Gasteiger partial charge is 0.322 e. The first kappa shape index (κ1) is 16.9. The van der Waals surface area contributed by atoms with Gasteiger partial charge in [0.2, 0.25) is 9.84 Å². The van der Waals surface area contributed by atoms with Crippen LogP contribution >= 0.6 is 0 Å². The molecule has 2 aromatic rings. The molecule has 4 nitrogen and oxygen atoms in total. The van der Waals surface area contributed by atoms with Gasteiger partial charge in [-0.25, -0.2) is 17.2 Å². The summed E-state index contributed by atoms with van der Waals surface area (Å²) < 4.78 is 73.3. The zero-order valence-electron chi connectivity index (χ0n) is 11.3. The summed E-state index contributed by atoms with van der Waals surface area (Å²) in [7, 11) is -4.73. The van der Waals surface area contributed by atoms with Crippen LogP contribution < -0.4 is 5.32 Å². The molecule has 0 spiro atoms. The molecule has 1 amide bonds. The summed E-state index contributed by atoms with van der Waals surface area (Å²) in [4.78, 5) is 11.2. The van der Waals surface area contributed by atoms with E-state index in [0.29, 0.717) is 6.07 Å². The molecule has 2 rings (SSSR count). The lowest BCUT2D eigenvalue weighted by atomic mass is 10.2. The van der Waals surface area contributed by atoms with E-state index in [0.717, 1.165) is 36.4 Å². The molecule has 0 aliphatic carbocycles. The standard InChI is InChI=1S/C14H9F4NO3S/c15-9-5-8(6-10(16)7-9)13(20)19-11-1-3-12(4-2-11)23(21,22)14(17)18/h1-7,14H,(H,19,20). The Balaban J connectivity index is 2.19. The summed E-state index contributed by atoms with van der Waals surface area (Å²) >= 11 is 0. The molecule has 0 radical (unpaired) electrons. The predicted octanol–water partition coefficient (Wildman–Crippen LogP) is 3.21. The maximum Gasteiger partial charge on any atom is 0.341 e. The van der Waals surface area contributed by atoms with Crippen LogP contribution in [0, 0.1) is 11.6 Å². The van der Waals surface area contributed by atoms with E-state index in [1.165, 1.54) is 0 Å². The van der Waals surface area contributed by atoms with Gasteiger partial charge in [0.25, 0.3) is 5.91 Å². The van der Waals surface area contributed by atoms with E-state index >= 15 is 0 Å². The minimum atomic E-state index is -4.73. The number of hydrogen-bond donors (Lipinski definition) is 1. The van der Waals surface area contributed by atoms with Crippen molar-refractivity contribution in [2.45, 2.75) is 10.7 Å². The van der Waals surface area contributed by atoms with E-state index in [9.17, 15) is 30.8 Å². The SMILES string of the molecule is O=C(Nc1ccc(S(=O)(=O)C(F)F)cc1)c1cc(F)cc(F)c1. The highest BCUT2D eigenvalue weighted by Crippen LogP contribution is 2.20. The second kappa shape index (κ2) is 6.37. The van der Waals surface area contributed by atoms with Gasteiger partial charge < -0.3 is 5.32 Å². The van der Waals surface area contributed by atoms with Gasteiger partial charge in [0.15, 0.2) is 0 Å². The molecule has 0 bridgehead atoms. The lowest BCUT2D eigenvalue weighted by Gasteiger charge is -2.07. The number of carbonyl (C=O) groups is 1. The zero-order valence-corrected chi connectivity index (χ0v) is 12.1. The summed E-state index contributed by atoms with van der Waals surface area (Å²) in [6, 6.07) is 6.18. The quantitative estimate of drug-likeness (QED) is 0.864. The first-order valence-corrected chi connectivity index (χ1v) is 7.64. The number of hydrogen-bond acceptors (Lipinski definition) is 3. The number of benzene rings is 2. The van der Waals surface area contributed by atoms with Gasteiger partial charge >= 0.3 is 5.76 Å². The third-order valence-electron chi connectivity index (χ3n) is 2.80. The van der Waals surface area contributed by atoms with E-state index in [4.69, 9.17) is 0 Å². The van der Waals surface area contributed by atoms with Gasteiger partial charge in [-0.3, -0.25) is 4.79 Å². The fraction of sp³-hybridized carbons (Fsp3) is 0.0714. The van der Waals surface area contributed by atoms with Crippen molar-refractivity contribution < 1.29 is 30.8 Å². The second-order valence-electron chi connectivity index (χ2n) is 4.44. The highest BCUT2D eigenvalue weighted by atomic mass is 32.2. The highest BCUT2D eigenvalue weighted by Gasteiger charge is 2.26. The monoisotopic (exact) mass is 347 g/mol. The molecular weight excluding hydrogens is 338 g/mol. The fourth-order valence-corrected chi connectivity index (χ4v) is 2.44. The molecule has 0 heterocycles. The third-order valence-corrected chi connectivity index (χ3v) is 4.20. The first-order valence-electron chi connectivity index (χ1n) is 6.10. The summed E-state index contributed by atoms with van der Waals surface area (Å²) in [6.45, 7) is 0. The number of alkyl halides is 2. The van der Waals surface area contributed by atoms with Gasteiger partial charge in [-0.05, 0) is 36.4 Å². The van der Waals surface area contributed by atoms with Crippen LogP contribution in [0.15, 0.2) is 47.4 Å². The van der Waals surface area contributed by atoms with Crippen molar-refractivity contribution in [1.82, 2.24) is 0 Å². The number of halogens is 4. The summed E-state index contributed by atoms with van der Waals surface area (Å²) in [5, 5.41) is 2.27. The topological polar surface area (TPSA) is 63.2 Å². The van der Waals surface area contributed by atoms with E-state index in [2.05, 4.69) is 5.32 Å². The first-order chi connectivity index (χ1) is 10.7. The Morgan fingerprint density at radius 1 is 0.957 bits per heavy atom. The number of amides is 1. The van der Waals surface area contributed by atoms with Gasteiger partial charge in [-0.1, -0.05) is 0 Å². The molecule has 0 aromatic heterocycles. The summed E-state index contributed by atoms with van der Waals surface area (Å²) in [6.07, 6.45) is 0. The Hall–Kier alpha value is -2.42. The zero-order chi connectivity index (χ0) is 17.2. The Kier molecular flexibility index (Phi) is 4.69. The minimum Gasteiger partial charge on any atom is -0.322 e. The van der Waals surface area contributed by atoms with E-state index in [-0.39, 0.29) is 11.3 Å². The molecule has 0 fully saturated rings. The number of anilines is 1. The molecule has 0 saturated heterocycles. The van der Waals surface area contributed by atoms with E-state index < -0.39 is 38.0 Å². The van der Waals surface area contributed by atoms with E-state index in [1.54, 1.807) is 0 Å². The Bertz CT molecular complexity index is 815. The summed E-state index contributed by atoms with van der Waals surface area (Å²) in [5.41, 5.74) is -0.209. The average molecular weight is 347 g/mol. The van der Waals surface area contributed by atoms with Crippen molar-refractivity contribution in [2.24, 2.45) is 0 Å². The van der Waals surface area contributed by atoms with Crippen molar-refractivity contribution in [3.63, 3.8) is 0 Å². The van der Waals surface area contributed by atoms with E-state index in [1.807, 2.05) is 0 Å². The largest absolute Gasteiger partial charge is 0.341 e. The molecule has 0 saturated carbocycles. The molecule has 0 unspecified atom stereocenters. The van der Waals surface area contributed by atoms with Crippen LogP contribution in [-0.4, -0.2) is 20.1 Å². The lowest BCUT2D eigenvalue weighted by Crippen LogP contribution is -2.14. The normalized spacial score (nSPS) is 11.5. The highest BCUT2D eigenvalue weighted by molar-refractivity contribution is 7.91. The van der Waals surface area contributed by atoms with Crippen molar-refractivity contribution in [1.29, 1.82) is 0 Å². The van der Waals surface area contributed by atoms with Crippen LogP contribution in [0.2, 0.25) is 0 Å². The van der Waals surface area contributed by atoms with Crippen molar-refractivity contribution >= 4 is 21.4 Å². The number of sulfone groups is 1. The molecule has 1 N–H and O–H groups in total. The average Bonchev–Trinajstić information content (AvgIpc) is 2.46. The predicted molar refractivity (Wildman–Crippen MR) is 73.9 cm³/mol. The Morgan fingerprint density at radius 2 is 1.48 bits per heavy atom. The lowest BCUT2D eigenvalue weighted by molar-refractivity contribution is 0.102. The number of carbonyl (C=O) groups excluding carboxylic acids is 1. The Labute approximate surface area is 128 Å². The van der Waals surface area contributed by atoms with Gasteiger partial charge in [-0.2, -0.15) is 8.78 Å². The minimum absolute atomic E-state index is 0.0767. The number of rotatable bonds is 4. The van der Waals surface area contributed by atoms with Crippen molar-refractivity contribution in [3.05, 3.63) is 59.7 Å². The van der Waals surface area contributed by atoms with Crippen LogP contribution in [0.3, 0.4) is 0 Å². The third kappa shape index (κ3) is 3.86.